The number of carboxylic acids is 2. The molecule has 0 saturated heterocycles. The summed E-state index contributed by atoms with van der Waals surface area (Å²) in [7, 11) is 0. The number of carbonyl (C=O) groups excluding carboxylic acids is 2. The van der Waals surface area contributed by atoms with Crippen LogP contribution in [0.5, 0.6) is 0 Å². The van der Waals surface area contributed by atoms with Crippen molar-refractivity contribution >= 4 is 11.9 Å². The molecule has 0 fully saturated rings. The predicted molar refractivity (Wildman–Crippen MR) is 43.7 cm³/mol. The third kappa shape index (κ3) is 7.00. The van der Waals surface area contributed by atoms with Crippen LogP contribution in [0.1, 0.15) is 5.56 Å². The van der Waals surface area contributed by atoms with E-state index in [2.05, 4.69) is 0 Å². The van der Waals surface area contributed by atoms with Crippen LogP contribution in [-0.4, -0.2) is 11.9 Å². The maximum Gasteiger partial charge on any atom is 1.00 e. The minimum absolute atomic E-state index is 0. The summed E-state index contributed by atoms with van der Waals surface area (Å²) >= 11 is 0. The molecule has 0 radical (unpaired) electrons. The number of carboxylic acid groups (broad SMARTS) is 2. The second-order valence-corrected chi connectivity index (χ2v) is 2.88. The molecule has 6 heteroatoms. The Morgan fingerprint density at radius 1 is 1.00 bits per heavy atom. The van der Waals surface area contributed by atoms with E-state index in [0.717, 1.165) is 0 Å². The Labute approximate surface area is 179 Å². The first kappa shape index (κ1) is 19.8. The van der Waals surface area contributed by atoms with E-state index in [9.17, 15) is 19.8 Å². The fraction of sp³-hybridized carbons (Fsp3) is 0.200. The first-order valence-electron chi connectivity index (χ1n) is 4.07. The summed E-state index contributed by atoms with van der Waals surface area (Å²) in [5.74, 6) is -4.82. The zero-order valence-corrected chi connectivity index (χ0v) is 15.6. The van der Waals surface area contributed by atoms with Crippen molar-refractivity contribution in [1.29, 1.82) is 0 Å². The fourth-order valence-corrected chi connectivity index (χ4v) is 1.11. The molecule has 0 aliphatic heterocycles. The Morgan fingerprint density at radius 2 is 1.44 bits per heavy atom. The van der Waals surface area contributed by atoms with Crippen LogP contribution in [0.4, 0.5) is 0 Å². The Morgan fingerprint density at radius 3 is 1.81 bits per heavy atom. The molecule has 4 nitrogen and oxygen atoms in total. The van der Waals surface area contributed by atoms with E-state index in [-0.39, 0.29) is 109 Å². The van der Waals surface area contributed by atoms with Gasteiger partial charge in [0.05, 0.1) is 11.9 Å². The molecule has 0 bridgehead atoms. The molecular weight excluding hydrogens is 262 g/mol. The van der Waals surface area contributed by atoms with Crippen molar-refractivity contribution in [3.63, 3.8) is 0 Å². The van der Waals surface area contributed by atoms with Crippen LogP contribution in [0.3, 0.4) is 0 Å². The monoisotopic (exact) mass is 270 g/mol. The van der Waals surface area contributed by atoms with Gasteiger partial charge in [-0.2, -0.15) is 0 Å². The van der Waals surface area contributed by atoms with E-state index in [1.54, 1.807) is 30.3 Å². The molecule has 0 atom stereocenters. The van der Waals surface area contributed by atoms with E-state index in [1.165, 1.54) is 0 Å². The maximum absolute atomic E-state index is 10.4. The Balaban J connectivity index is 0. The van der Waals surface area contributed by atoms with Gasteiger partial charge in [0.15, 0.2) is 0 Å². The largest absolute Gasteiger partial charge is 1.00 e. The molecule has 0 amide bonds. The zero-order valence-electron chi connectivity index (χ0n) is 9.30. The molecule has 1 aromatic rings. The predicted octanol–water partition coefficient (Wildman–Crippen LogP) is -7.65. The van der Waals surface area contributed by atoms with Gasteiger partial charge < -0.3 is 19.8 Å². The van der Waals surface area contributed by atoms with Gasteiger partial charge in [0.25, 0.3) is 0 Å². The topological polar surface area (TPSA) is 80.3 Å². The van der Waals surface area contributed by atoms with Gasteiger partial charge >= 0.3 is 103 Å². The minimum Gasteiger partial charge on any atom is -0.549 e. The van der Waals surface area contributed by atoms with E-state index in [1.807, 2.05) is 0 Å². The summed E-state index contributed by atoms with van der Waals surface area (Å²) in [4.78, 5) is 20.8. The number of rotatable bonds is 4. The summed E-state index contributed by atoms with van der Waals surface area (Å²) < 4.78 is 0. The van der Waals surface area contributed by atoms with Crippen molar-refractivity contribution < 1.29 is 123 Å². The smallest absolute Gasteiger partial charge is 0.549 e. The summed E-state index contributed by atoms with van der Waals surface area (Å²) in [5, 5.41) is 20.8. The van der Waals surface area contributed by atoms with Crippen LogP contribution in [0, 0.1) is 5.92 Å². The third-order valence-corrected chi connectivity index (χ3v) is 1.85. The van der Waals surface area contributed by atoms with Gasteiger partial charge in [-0.05, 0) is 12.0 Å². The SMILES string of the molecule is O=C([O-])C(Cc1ccccc1)C(=O)[O-].[K+].[K+]. The number of carbonyl (C=O) groups is 2. The number of aliphatic carboxylic acids is 2. The Hall–Kier alpha value is 1.43. The average molecular weight is 270 g/mol. The van der Waals surface area contributed by atoms with Gasteiger partial charge in [-0.1, -0.05) is 30.3 Å². The molecule has 0 aromatic heterocycles. The van der Waals surface area contributed by atoms with Crippen molar-refractivity contribution in [3.8, 4) is 0 Å². The van der Waals surface area contributed by atoms with Gasteiger partial charge in [0.1, 0.15) is 0 Å². The van der Waals surface area contributed by atoms with E-state index in [0.29, 0.717) is 5.56 Å². The quantitative estimate of drug-likeness (QED) is 0.402. The van der Waals surface area contributed by atoms with Crippen molar-refractivity contribution in [3.05, 3.63) is 35.9 Å². The molecule has 16 heavy (non-hydrogen) atoms. The Bertz CT molecular complexity index is 326. The second kappa shape index (κ2) is 10.4. The first-order valence-corrected chi connectivity index (χ1v) is 4.07. The molecule has 0 saturated carbocycles. The van der Waals surface area contributed by atoms with Crippen LogP contribution in [0.15, 0.2) is 30.3 Å². The molecule has 1 rings (SSSR count). The van der Waals surface area contributed by atoms with Crippen LogP contribution in [0.25, 0.3) is 0 Å². The number of hydrogen-bond donors (Lipinski definition) is 0. The van der Waals surface area contributed by atoms with Crippen molar-refractivity contribution in [2.24, 2.45) is 5.92 Å². The van der Waals surface area contributed by atoms with Gasteiger partial charge in [-0.3, -0.25) is 0 Å². The molecule has 1 aromatic carbocycles. The van der Waals surface area contributed by atoms with Gasteiger partial charge in [-0.25, -0.2) is 0 Å². The molecule has 0 aliphatic carbocycles. The van der Waals surface area contributed by atoms with E-state index >= 15 is 0 Å². The minimum atomic E-state index is -1.62. The van der Waals surface area contributed by atoms with Gasteiger partial charge in [0.2, 0.25) is 0 Å². The number of benzene rings is 1. The molecule has 0 aliphatic rings. The first-order chi connectivity index (χ1) is 6.61. The van der Waals surface area contributed by atoms with Crippen molar-refractivity contribution in [1.82, 2.24) is 0 Å². The summed E-state index contributed by atoms with van der Waals surface area (Å²) in [5.41, 5.74) is 0.630. The number of hydrogen-bond acceptors (Lipinski definition) is 4. The maximum atomic E-state index is 10.4. The van der Waals surface area contributed by atoms with Crippen LogP contribution < -0.4 is 113 Å². The Kier molecular flexibility index (Phi) is 12.8. The average Bonchev–Trinajstić information content (AvgIpc) is 2.15. The van der Waals surface area contributed by atoms with Crippen molar-refractivity contribution in [2.75, 3.05) is 0 Å². The summed E-state index contributed by atoms with van der Waals surface area (Å²) in [6, 6.07) is 8.47. The molecule has 0 spiro atoms. The molecule has 0 N–H and O–H groups in total. The van der Waals surface area contributed by atoms with Crippen LogP contribution in [-0.2, 0) is 16.0 Å². The molecule has 0 heterocycles. The normalized spacial score (nSPS) is 8.81. The molecular formula is C10H8K2O4. The molecule has 74 valence electrons. The van der Waals surface area contributed by atoms with Crippen LogP contribution >= 0.6 is 0 Å². The van der Waals surface area contributed by atoms with E-state index < -0.39 is 17.9 Å². The van der Waals surface area contributed by atoms with Gasteiger partial charge in [-0.15, -0.1) is 0 Å². The van der Waals surface area contributed by atoms with E-state index in [4.69, 9.17) is 0 Å². The van der Waals surface area contributed by atoms with Crippen LogP contribution in [0.2, 0.25) is 0 Å². The van der Waals surface area contributed by atoms with Gasteiger partial charge in [0, 0.05) is 5.92 Å². The third-order valence-electron chi connectivity index (χ3n) is 1.85. The zero-order chi connectivity index (χ0) is 10.6. The molecule has 0 unspecified atom stereocenters. The second-order valence-electron chi connectivity index (χ2n) is 2.88. The summed E-state index contributed by atoms with van der Waals surface area (Å²) in [6.45, 7) is 0. The standard InChI is InChI=1S/C10H10O4.2K/c11-9(12)8(10(13)14)6-7-4-2-1-3-5-7;;/h1-5,8H,6H2,(H,11,12)(H,13,14);;/q;2*+1/p-2. The van der Waals surface area contributed by atoms with Crippen molar-refractivity contribution in [2.45, 2.75) is 6.42 Å². The fourth-order valence-electron chi connectivity index (χ4n) is 1.11. The summed E-state index contributed by atoms with van der Waals surface area (Å²) in [6.07, 6.45) is -0.106.